The minimum absolute atomic E-state index is 0.0120. The molecule has 0 atom stereocenters. The number of benzene rings is 1. The third-order valence-electron chi connectivity index (χ3n) is 2.47. The zero-order valence-electron chi connectivity index (χ0n) is 9.56. The molecule has 0 amide bonds. The largest absolute Gasteiger partial charge is 0.496 e. The van der Waals surface area contributed by atoms with E-state index in [0.29, 0.717) is 12.3 Å². The molecule has 0 aliphatic rings. The molecule has 0 aliphatic heterocycles. The highest BCUT2D eigenvalue weighted by atomic mass is 35.5. The second-order valence-corrected chi connectivity index (χ2v) is 4.33. The van der Waals surface area contributed by atoms with Gasteiger partial charge in [0.2, 0.25) is 0 Å². The molecule has 0 N–H and O–H groups in total. The lowest BCUT2D eigenvalue weighted by Crippen LogP contribution is -2.21. The van der Waals surface area contributed by atoms with Gasteiger partial charge in [-0.25, -0.2) is 4.98 Å². The van der Waals surface area contributed by atoms with E-state index in [2.05, 4.69) is 4.98 Å². The fourth-order valence-electron chi connectivity index (χ4n) is 1.57. The Labute approximate surface area is 114 Å². The van der Waals surface area contributed by atoms with Crippen molar-refractivity contribution in [1.82, 2.24) is 9.55 Å². The fourth-order valence-corrected chi connectivity index (χ4v) is 1.86. The molecule has 6 heteroatoms. The van der Waals surface area contributed by atoms with Crippen molar-refractivity contribution >= 4 is 23.2 Å². The molecule has 4 nitrogen and oxygen atoms in total. The predicted octanol–water partition coefficient (Wildman–Crippen LogP) is 2.61. The summed E-state index contributed by atoms with van der Waals surface area (Å²) in [6.45, 7) is 0.326. The van der Waals surface area contributed by atoms with Crippen LogP contribution < -0.4 is 10.3 Å². The van der Waals surface area contributed by atoms with Crippen LogP contribution in [0.15, 0.2) is 35.4 Å². The van der Waals surface area contributed by atoms with E-state index in [1.54, 1.807) is 7.11 Å². The highest BCUT2D eigenvalue weighted by Gasteiger charge is 2.09. The number of hydrogen-bond acceptors (Lipinski definition) is 3. The summed E-state index contributed by atoms with van der Waals surface area (Å²) in [5.41, 5.74) is 0.491. The second-order valence-electron chi connectivity index (χ2n) is 3.59. The summed E-state index contributed by atoms with van der Waals surface area (Å²) in [4.78, 5) is 15.7. The van der Waals surface area contributed by atoms with Gasteiger partial charge in [0.1, 0.15) is 10.8 Å². The lowest BCUT2D eigenvalue weighted by Gasteiger charge is -2.10. The molecule has 1 aromatic carbocycles. The van der Waals surface area contributed by atoms with Gasteiger partial charge >= 0.3 is 0 Å². The van der Waals surface area contributed by atoms with Crippen LogP contribution in [0.5, 0.6) is 5.75 Å². The Morgan fingerprint density at radius 3 is 2.78 bits per heavy atom. The van der Waals surface area contributed by atoms with Crippen LogP contribution in [0.2, 0.25) is 10.2 Å². The molecule has 1 heterocycles. The molecular formula is C12H10Cl2N2O2. The molecule has 0 saturated heterocycles. The van der Waals surface area contributed by atoms with Gasteiger partial charge in [-0.1, -0.05) is 41.4 Å². The van der Waals surface area contributed by atoms with Gasteiger partial charge in [0.05, 0.1) is 20.0 Å². The number of nitrogens with zero attached hydrogens (tertiary/aromatic N) is 2. The number of methoxy groups -OCH3 is 1. The topological polar surface area (TPSA) is 44.1 Å². The van der Waals surface area contributed by atoms with Crippen LogP contribution in [0, 0.1) is 0 Å². The highest BCUT2D eigenvalue weighted by Crippen LogP contribution is 2.19. The fraction of sp³-hybridized carbons (Fsp3) is 0.167. The molecular weight excluding hydrogens is 275 g/mol. The first-order valence-electron chi connectivity index (χ1n) is 5.16. The summed E-state index contributed by atoms with van der Waals surface area (Å²) in [6, 6.07) is 7.42. The normalized spacial score (nSPS) is 10.4. The van der Waals surface area contributed by atoms with Crippen LogP contribution in [0.4, 0.5) is 0 Å². The summed E-state index contributed by atoms with van der Waals surface area (Å²) in [5.74, 6) is 0.704. The quantitative estimate of drug-likeness (QED) is 0.814. The summed E-state index contributed by atoms with van der Waals surface area (Å²) in [6.07, 6.45) is 1.36. The second kappa shape index (κ2) is 5.42. The van der Waals surface area contributed by atoms with Gasteiger partial charge in [0.15, 0.2) is 5.15 Å². The van der Waals surface area contributed by atoms with Crippen molar-refractivity contribution in [2.75, 3.05) is 7.11 Å². The van der Waals surface area contributed by atoms with Crippen LogP contribution in [0.3, 0.4) is 0 Å². The van der Waals surface area contributed by atoms with E-state index >= 15 is 0 Å². The molecule has 2 aromatic rings. The van der Waals surface area contributed by atoms with E-state index in [4.69, 9.17) is 27.9 Å². The van der Waals surface area contributed by atoms with Gasteiger partial charge in [-0.2, -0.15) is 0 Å². The van der Waals surface area contributed by atoms with Gasteiger partial charge in [0, 0.05) is 5.56 Å². The molecule has 2 rings (SSSR count). The molecule has 0 unspecified atom stereocenters. The van der Waals surface area contributed by atoms with Gasteiger partial charge < -0.3 is 4.74 Å². The minimum Gasteiger partial charge on any atom is -0.496 e. The molecule has 0 aliphatic carbocycles. The van der Waals surface area contributed by atoms with Crippen LogP contribution in [-0.4, -0.2) is 16.7 Å². The van der Waals surface area contributed by atoms with Crippen molar-refractivity contribution in [3.05, 3.63) is 56.7 Å². The van der Waals surface area contributed by atoms with Crippen molar-refractivity contribution in [2.45, 2.75) is 6.54 Å². The van der Waals surface area contributed by atoms with Gasteiger partial charge in [0.25, 0.3) is 5.56 Å². The Kier molecular flexibility index (Phi) is 3.89. The SMILES string of the molecule is COc1ccccc1Cn1cnc(Cl)c(Cl)c1=O. The van der Waals surface area contributed by atoms with E-state index < -0.39 is 0 Å². The molecule has 0 fully saturated rings. The Bertz CT molecular complexity index is 626. The first kappa shape index (κ1) is 12.9. The number of para-hydroxylation sites is 1. The van der Waals surface area contributed by atoms with Crippen molar-refractivity contribution in [1.29, 1.82) is 0 Å². The predicted molar refractivity (Wildman–Crippen MR) is 70.6 cm³/mol. The van der Waals surface area contributed by atoms with Gasteiger partial charge in [-0.15, -0.1) is 0 Å². The average Bonchev–Trinajstić information content (AvgIpc) is 2.40. The molecule has 18 heavy (non-hydrogen) atoms. The van der Waals surface area contributed by atoms with E-state index in [1.165, 1.54) is 10.9 Å². The standard InChI is InChI=1S/C12H10Cl2N2O2/c1-18-9-5-3-2-4-8(9)6-16-7-15-11(14)10(13)12(16)17/h2-5,7H,6H2,1H3. The number of aromatic nitrogens is 2. The third kappa shape index (κ3) is 2.49. The Balaban J connectivity index is 2.41. The monoisotopic (exact) mass is 284 g/mol. The number of ether oxygens (including phenoxy) is 1. The molecule has 1 aromatic heterocycles. The smallest absolute Gasteiger partial charge is 0.273 e. The van der Waals surface area contributed by atoms with E-state index in [1.807, 2.05) is 24.3 Å². The zero-order chi connectivity index (χ0) is 13.1. The number of rotatable bonds is 3. The Morgan fingerprint density at radius 1 is 1.33 bits per heavy atom. The van der Waals surface area contributed by atoms with Gasteiger partial charge in [-0.3, -0.25) is 9.36 Å². The maximum Gasteiger partial charge on any atom is 0.273 e. The maximum atomic E-state index is 11.9. The van der Waals surface area contributed by atoms with Crippen LogP contribution in [-0.2, 0) is 6.54 Å². The molecule has 0 radical (unpaired) electrons. The zero-order valence-corrected chi connectivity index (χ0v) is 11.1. The van der Waals surface area contributed by atoms with E-state index in [0.717, 1.165) is 5.56 Å². The first-order valence-corrected chi connectivity index (χ1v) is 5.91. The molecule has 0 spiro atoms. The summed E-state index contributed by atoms with van der Waals surface area (Å²) in [7, 11) is 1.58. The van der Waals surface area contributed by atoms with E-state index in [9.17, 15) is 4.79 Å². The summed E-state index contributed by atoms with van der Waals surface area (Å²) in [5, 5.41) is -0.0630. The van der Waals surface area contributed by atoms with Crippen molar-refractivity contribution in [3.8, 4) is 5.75 Å². The van der Waals surface area contributed by atoms with Crippen molar-refractivity contribution in [3.63, 3.8) is 0 Å². The number of hydrogen-bond donors (Lipinski definition) is 0. The number of halogens is 2. The Hall–Kier alpha value is -1.52. The van der Waals surface area contributed by atoms with Crippen molar-refractivity contribution in [2.24, 2.45) is 0 Å². The van der Waals surface area contributed by atoms with E-state index in [-0.39, 0.29) is 15.7 Å². The van der Waals surface area contributed by atoms with Gasteiger partial charge in [-0.05, 0) is 6.07 Å². The molecule has 0 bridgehead atoms. The third-order valence-corrected chi connectivity index (χ3v) is 3.20. The summed E-state index contributed by atoms with van der Waals surface area (Å²) >= 11 is 11.4. The molecule has 94 valence electrons. The maximum absolute atomic E-state index is 11.9. The first-order chi connectivity index (χ1) is 8.63. The summed E-state index contributed by atoms with van der Waals surface area (Å²) < 4.78 is 6.60. The lowest BCUT2D eigenvalue weighted by atomic mass is 10.2. The minimum atomic E-state index is -0.373. The van der Waals surface area contributed by atoms with Crippen LogP contribution >= 0.6 is 23.2 Å². The average molecular weight is 285 g/mol. The van der Waals surface area contributed by atoms with Crippen LogP contribution in [0.1, 0.15) is 5.56 Å². The lowest BCUT2D eigenvalue weighted by molar-refractivity contribution is 0.408. The Morgan fingerprint density at radius 2 is 2.06 bits per heavy atom. The van der Waals surface area contributed by atoms with Crippen LogP contribution in [0.25, 0.3) is 0 Å². The molecule has 0 saturated carbocycles. The highest BCUT2D eigenvalue weighted by molar-refractivity contribution is 6.40. The van der Waals surface area contributed by atoms with Crippen molar-refractivity contribution < 1.29 is 4.74 Å².